The van der Waals surface area contributed by atoms with Crippen LogP contribution in [0.1, 0.15) is 25.0 Å². The summed E-state index contributed by atoms with van der Waals surface area (Å²) in [4.78, 5) is 13.2. The lowest BCUT2D eigenvalue weighted by Gasteiger charge is -2.18. The Kier molecular flexibility index (Phi) is 5.14. The smallest absolute Gasteiger partial charge is 0.225 e. The highest BCUT2D eigenvalue weighted by Crippen LogP contribution is 2.15. The lowest BCUT2D eigenvalue weighted by atomic mass is 10.1. The number of hydrogen-bond acceptors (Lipinski definition) is 4. The molecule has 0 amide bonds. The minimum absolute atomic E-state index is 0.812. The van der Waals surface area contributed by atoms with Gasteiger partial charge >= 0.3 is 0 Å². The molecule has 0 spiro atoms. The third-order valence-corrected chi connectivity index (χ3v) is 3.60. The van der Waals surface area contributed by atoms with E-state index in [0.29, 0.717) is 0 Å². The summed E-state index contributed by atoms with van der Waals surface area (Å²) in [6.07, 6.45) is 4.73. The molecule has 112 valence electrons. The molecule has 0 saturated carbocycles. The molecule has 0 radical (unpaired) electrons. The molecule has 0 fully saturated rings. The summed E-state index contributed by atoms with van der Waals surface area (Å²) in [5.41, 5.74) is 3.63. The van der Waals surface area contributed by atoms with Crippen molar-refractivity contribution in [2.24, 2.45) is 0 Å². The van der Waals surface area contributed by atoms with Crippen molar-refractivity contribution in [1.82, 2.24) is 9.97 Å². The maximum Gasteiger partial charge on any atom is 0.225 e. The second-order valence-corrected chi connectivity index (χ2v) is 5.30. The van der Waals surface area contributed by atoms with Gasteiger partial charge in [-0.05, 0) is 37.1 Å². The molecular weight excluding hydrogens is 260 g/mol. The minimum Gasteiger partial charge on any atom is -0.378 e. The monoisotopic (exact) mass is 284 g/mol. The Hall–Kier alpha value is -2.10. The van der Waals surface area contributed by atoms with Crippen LogP contribution in [0.4, 0.5) is 11.6 Å². The molecule has 0 saturated heterocycles. The van der Waals surface area contributed by atoms with Crippen molar-refractivity contribution in [3.63, 3.8) is 0 Å². The van der Waals surface area contributed by atoms with Gasteiger partial charge in [0, 0.05) is 51.7 Å². The second kappa shape index (κ2) is 7.07. The molecule has 0 aliphatic carbocycles. The molecule has 4 nitrogen and oxygen atoms in total. The van der Waals surface area contributed by atoms with E-state index in [0.717, 1.165) is 31.0 Å². The van der Waals surface area contributed by atoms with Crippen molar-refractivity contribution >= 4 is 11.6 Å². The number of anilines is 2. The van der Waals surface area contributed by atoms with Gasteiger partial charge in [-0.1, -0.05) is 12.1 Å². The zero-order valence-corrected chi connectivity index (χ0v) is 13.4. The summed E-state index contributed by atoms with van der Waals surface area (Å²) in [6.45, 7) is 6.10. The normalized spacial score (nSPS) is 10.5. The number of aromatic nitrogens is 2. The van der Waals surface area contributed by atoms with E-state index in [1.54, 1.807) is 0 Å². The number of hydrogen-bond donors (Lipinski definition) is 0. The highest BCUT2D eigenvalue weighted by Gasteiger charge is 2.05. The van der Waals surface area contributed by atoms with Crippen LogP contribution in [-0.2, 0) is 6.42 Å². The van der Waals surface area contributed by atoms with Crippen LogP contribution in [0.15, 0.2) is 36.7 Å². The lowest BCUT2D eigenvalue weighted by molar-refractivity contribution is 0.817. The van der Waals surface area contributed by atoms with Crippen molar-refractivity contribution in [3.05, 3.63) is 47.8 Å². The summed E-state index contributed by atoms with van der Waals surface area (Å²) in [5.74, 6) is 0.812. The molecule has 4 heteroatoms. The van der Waals surface area contributed by atoms with E-state index in [1.807, 2.05) is 12.4 Å². The Morgan fingerprint density at radius 3 is 1.90 bits per heavy atom. The van der Waals surface area contributed by atoms with Crippen LogP contribution in [0, 0.1) is 0 Å². The summed E-state index contributed by atoms with van der Waals surface area (Å²) in [5, 5.41) is 0. The van der Waals surface area contributed by atoms with Gasteiger partial charge in [0.1, 0.15) is 0 Å². The largest absolute Gasteiger partial charge is 0.378 e. The van der Waals surface area contributed by atoms with Crippen LogP contribution in [-0.4, -0.2) is 37.2 Å². The third kappa shape index (κ3) is 3.94. The molecule has 0 bridgehead atoms. The molecule has 0 N–H and O–H groups in total. The number of nitrogens with zero attached hydrogens (tertiary/aromatic N) is 4. The summed E-state index contributed by atoms with van der Waals surface area (Å²) >= 11 is 0. The van der Waals surface area contributed by atoms with Crippen molar-refractivity contribution < 1.29 is 0 Å². The fourth-order valence-electron chi connectivity index (χ4n) is 2.26. The van der Waals surface area contributed by atoms with E-state index in [2.05, 4.69) is 72.0 Å². The summed E-state index contributed by atoms with van der Waals surface area (Å²) in [7, 11) is 4.10. The van der Waals surface area contributed by atoms with Crippen molar-refractivity contribution in [2.75, 3.05) is 37.0 Å². The topological polar surface area (TPSA) is 32.3 Å². The predicted molar refractivity (Wildman–Crippen MR) is 89.2 cm³/mol. The highest BCUT2D eigenvalue weighted by atomic mass is 15.2. The number of benzene rings is 1. The first-order valence-electron chi connectivity index (χ1n) is 7.46. The Bertz CT molecular complexity index is 542. The first kappa shape index (κ1) is 15.3. The van der Waals surface area contributed by atoms with Gasteiger partial charge in [0.25, 0.3) is 0 Å². The molecule has 0 unspecified atom stereocenters. The van der Waals surface area contributed by atoms with Gasteiger partial charge in [-0.25, -0.2) is 9.97 Å². The molecule has 0 aliphatic rings. The average molecular weight is 284 g/mol. The van der Waals surface area contributed by atoms with Crippen molar-refractivity contribution in [2.45, 2.75) is 20.3 Å². The van der Waals surface area contributed by atoms with Gasteiger partial charge in [0.2, 0.25) is 5.95 Å². The van der Waals surface area contributed by atoms with E-state index in [1.165, 1.54) is 11.3 Å². The van der Waals surface area contributed by atoms with Crippen LogP contribution in [0.25, 0.3) is 0 Å². The second-order valence-electron chi connectivity index (χ2n) is 5.30. The zero-order valence-electron chi connectivity index (χ0n) is 13.4. The minimum atomic E-state index is 0.812. The molecule has 1 aromatic carbocycles. The molecule has 21 heavy (non-hydrogen) atoms. The van der Waals surface area contributed by atoms with Gasteiger partial charge < -0.3 is 9.80 Å². The fourth-order valence-corrected chi connectivity index (χ4v) is 2.26. The van der Waals surface area contributed by atoms with Crippen LogP contribution in [0.2, 0.25) is 0 Å². The summed E-state index contributed by atoms with van der Waals surface area (Å²) in [6, 6.07) is 8.60. The van der Waals surface area contributed by atoms with Gasteiger partial charge in [0.05, 0.1) is 0 Å². The van der Waals surface area contributed by atoms with E-state index < -0.39 is 0 Å². The Morgan fingerprint density at radius 2 is 1.43 bits per heavy atom. The Balaban J connectivity index is 2.06. The molecule has 0 aliphatic heterocycles. The van der Waals surface area contributed by atoms with Gasteiger partial charge in [0.15, 0.2) is 0 Å². The highest BCUT2D eigenvalue weighted by molar-refractivity contribution is 5.46. The molecule has 2 rings (SSSR count). The van der Waals surface area contributed by atoms with E-state index >= 15 is 0 Å². The van der Waals surface area contributed by atoms with Crippen molar-refractivity contribution in [1.29, 1.82) is 0 Å². The Morgan fingerprint density at radius 1 is 0.857 bits per heavy atom. The molecular formula is C17H24N4. The molecule has 1 aromatic heterocycles. The Labute approximate surface area is 127 Å². The van der Waals surface area contributed by atoms with Gasteiger partial charge in [-0.2, -0.15) is 0 Å². The third-order valence-electron chi connectivity index (χ3n) is 3.60. The first-order chi connectivity index (χ1) is 10.1. The number of rotatable bonds is 6. The standard InChI is InChI=1S/C17H24N4/c1-5-21(6-2)17-18-12-15(13-19-17)11-14-7-9-16(10-8-14)20(3)4/h7-10,12-13H,5-6,11H2,1-4H3. The molecule has 1 heterocycles. The van der Waals surface area contributed by atoms with Crippen LogP contribution >= 0.6 is 0 Å². The van der Waals surface area contributed by atoms with Crippen LogP contribution in [0.3, 0.4) is 0 Å². The van der Waals surface area contributed by atoms with E-state index in [4.69, 9.17) is 0 Å². The maximum atomic E-state index is 4.47. The predicted octanol–water partition coefficient (Wildman–Crippen LogP) is 2.98. The molecule has 2 aromatic rings. The lowest BCUT2D eigenvalue weighted by Crippen LogP contribution is -2.24. The quantitative estimate of drug-likeness (QED) is 0.816. The van der Waals surface area contributed by atoms with Crippen molar-refractivity contribution in [3.8, 4) is 0 Å². The average Bonchev–Trinajstić information content (AvgIpc) is 2.51. The summed E-state index contributed by atoms with van der Waals surface area (Å²) < 4.78 is 0. The zero-order chi connectivity index (χ0) is 15.2. The van der Waals surface area contributed by atoms with E-state index in [-0.39, 0.29) is 0 Å². The van der Waals surface area contributed by atoms with E-state index in [9.17, 15) is 0 Å². The first-order valence-corrected chi connectivity index (χ1v) is 7.46. The molecule has 0 atom stereocenters. The SMILES string of the molecule is CCN(CC)c1ncc(Cc2ccc(N(C)C)cc2)cn1. The van der Waals surface area contributed by atoms with Crippen LogP contribution in [0.5, 0.6) is 0 Å². The van der Waals surface area contributed by atoms with Crippen LogP contribution < -0.4 is 9.80 Å². The van der Waals surface area contributed by atoms with Gasteiger partial charge in [-0.15, -0.1) is 0 Å². The fraction of sp³-hybridized carbons (Fsp3) is 0.412. The maximum absolute atomic E-state index is 4.47. The van der Waals surface area contributed by atoms with Gasteiger partial charge in [-0.3, -0.25) is 0 Å².